The van der Waals surface area contributed by atoms with E-state index in [1.165, 1.54) is 22.7 Å². The van der Waals surface area contributed by atoms with Gasteiger partial charge in [0.2, 0.25) is 10.0 Å². The number of halogens is 1. The molecule has 1 aliphatic heterocycles. The minimum Gasteiger partial charge on any atom is -0.459 e. The lowest BCUT2D eigenvalue weighted by molar-refractivity contribution is 0.0732. The number of hydrogen-bond acceptors (Lipinski definition) is 4. The number of carbonyl (C=O) groups is 1. The second kappa shape index (κ2) is 6.96. The molecule has 1 aromatic heterocycles. The van der Waals surface area contributed by atoms with E-state index in [1.54, 1.807) is 29.2 Å². The Morgan fingerprint density at radius 1 is 1.04 bits per heavy atom. The minimum atomic E-state index is -3.59. The third kappa shape index (κ3) is 3.48. The lowest BCUT2D eigenvalue weighted by Crippen LogP contribution is -2.37. The predicted octanol–water partition coefficient (Wildman–Crippen LogP) is 2.47. The monoisotopic (exact) mass is 368 g/mol. The van der Waals surface area contributed by atoms with Crippen molar-refractivity contribution in [2.45, 2.75) is 11.3 Å². The van der Waals surface area contributed by atoms with Gasteiger partial charge >= 0.3 is 0 Å². The molecule has 0 N–H and O–H groups in total. The second-order valence-electron chi connectivity index (χ2n) is 5.48. The molecular formula is C16H17ClN2O4S. The number of sulfonamides is 1. The normalized spacial score (nSPS) is 16.8. The first-order valence-corrected chi connectivity index (χ1v) is 9.39. The highest BCUT2D eigenvalue weighted by atomic mass is 35.5. The highest BCUT2D eigenvalue weighted by molar-refractivity contribution is 7.89. The van der Waals surface area contributed by atoms with Crippen molar-refractivity contribution in [2.75, 3.05) is 26.2 Å². The van der Waals surface area contributed by atoms with E-state index in [1.807, 2.05) is 0 Å². The van der Waals surface area contributed by atoms with Gasteiger partial charge < -0.3 is 9.32 Å². The maximum absolute atomic E-state index is 12.7. The van der Waals surface area contributed by atoms with Crippen LogP contribution in [0.15, 0.2) is 52.0 Å². The number of amides is 1. The van der Waals surface area contributed by atoms with Crippen LogP contribution < -0.4 is 0 Å². The van der Waals surface area contributed by atoms with E-state index in [-0.39, 0.29) is 23.1 Å². The molecule has 2 aromatic rings. The average molecular weight is 369 g/mol. The fourth-order valence-electron chi connectivity index (χ4n) is 2.65. The predicted molar refractivity (Wildman–Crippen MR) is 89.4 cm³/mol. The van der Waals surface area contributed by atoms with Crippen molar-refractivity contribution >= 4 is 27.5 Å². The van der Waals surface area contributed by atoms with Crippen LogP contribution in [0.1, 0.15) is 17.0 Å². The summed E-state index contributed by atoms with van der Waals surface area (Å²) in [5.41, 5.74) is 0. The molecule has 8 heteroatoms. The summed E-state index contributed by atoms with van der Waals surface area (Å²) in [7, 11) is -3.59. The number of benzene rings is 1. The molecule has 1 amide bonds. The van der Waals surface area contributed by atoms with Gasteiger partial charge in [-0.2, -0.15) is 4.31 Å². The van der Waals surface area contributed by atoms with Crippen LogP contribution in [0.5, 0.6) is 0 Å². The van der Waals surface area contributed by atoms with Gasteiger partial charge in [-0.1, -0.05) is 11.6 Å². The van der Waals surface area contributed by atoms with Gasteiger partial charge in [-0.25, -0.2) is 8.42 Å². The molecule has 1 saturated heterocycles. The van der Waals surface area contributed by atoms with E-state index in [0.717, 1.165) is 0 Å². The van der Waals surface area contributed by atoms with Crippen molar-refractivity contribution in [1.29, 1.82) is 0 Å². The maximum Gasteiger partial charge on any atom is 0.289 e. The molecule has 1 aliphatic rings. The number of nitrogens with zero attached hydrogens (tertiary/aromatic N) is 2. The first kappa shape index (κ1) is 17.0. The Morgan fingerprint density at radius 3 is 2.46 bits per heavy atom. The summed E-state index contributed by atoms with van der Waals surface area (Å²) >= 11 is 5.81. The lowest BCUT2D eigenvalue weighted by Gasteiger charge is -2.21. The number of furan rings is 1. The van der Waals surface area contributed by atoms with E-state index in [4.69, 9.17) is 16.0 Å². The Bertz CT molecular complexity index is 803. The Labute approximate surface area is 145 Å². The van der Waals surface area contributed by atoms with Gasteiger partial charge in [0.05, 0.1) is 11.2 Å². The average Bonchev–Trinajstić information content (AvgIpc) is 2.98. The first-order valence-electron chi connectivity index (χ1n) is 7.57. The molecule has 3 rings (SSSR count). The molecule has 0 bridgehead atoms. The van der Waals surface area contributed by atoms with Crippen molar-refractivity contribution in [3.05, 3.63) is 53.4 Å². The summed E-state index contributed by atoms with van der Waals surface area (Å²) < 4.78 is 32.0. The van der Waals surface area contributed by atoms with Crippen LogP contribution in [0, 0.1) is 0 Å². The van der Waals surface area contributed by atoms with Crippen molar-refractivity contribution in [1.82, 2.24) is 9.21 Å². The molecular weight excluding hydrogens is 352 g/mol. The van der Waals surface area contributed by atoms with Gasteiger partial charge in [-0.05, 0) is 42.8 Å². The minimum absolute atomic E-state index is 0.206. The van der Waals surface area contributed by atoms with E-state index in [0.29, 0.717) is 31.1 Å². The molecule has 1 fully saturated rings. The summed E-state index contributed by atoms with van der Waals surface area (Å²) in [6.07, 6.45) is 2.02. The van der Waals surface area contributed by atoms with Crippen LogP contribution in [0.25, 0.3) is 0 Å². The van der Waals surface area contributed by atoms with Crippen LogP contribution in [0.2, 0.25) is 5.02 Å². The highest BCUT2D eigenvalue weighted by Crippen LogP contribution is 2.20. The summed E-state index contributed by atoms with van der Waals surface area (Å²) in [5.74, 6) is 0.0507. The molecule has 24 heavy (non-hydrogen) atoms. The Hall–Kier alpha value is -1.83. The van der Waals surface area contributed by atoms with E-state index in [2.05, 4.69) is 0 Å². The van der Waals surface area contributed by atoms with Crippen LogP contribution in [0.4, 0.5) is 0 Å². The molecule has 0 spiro atoms. The zero-order valence-corrected chi connectivity index (χ0v) is 14.5. The molecule has 0 atom stereocenters. The first-order chi connectivity index (χ1) is 11.5. The van der Waals surface area contributed by atoms with Crippen LogP contribution in [-0.4, -0.2) is 49.7 Å². The third-order valence-corrected chi connectivity index (χ3v) is 6.09. The van der Waals surface area contributed by atoms with Gasteiger partial charge in [-0.15, -0.1) is 0 Å². The molecule has 0 radical (unpaired) electrons. The summed E-state index contributed by atoms with van der Waals surface area (Å²) in [5, 5.41) is 0.486. The van der Waals surface area contributed by atoms with E-state index >= 15 is 0 Å². The smallest absolute Gasteiger partial charge is 0.289 e. The molecule has 0 saturated carbocycles. The number of rotatable bonds is 3. The molecule has 2 heterocycles. The SMILES string of the molecule is O=C(c1ccco1)N1CCCN(S(=O)(=O)c2ccc(Cl)cc2)CC1. The molecule has 1 aromatic carbocycles. The van der Waals surface area contributed by atoms with E-state index in [9.17, 15) is 13.2 Å². The van der Waals surface area contributed by atoms with Gasteiger partial charge in [0.1, 0.15) is 0 Å². The number of carbonyl (C=O) groups excluding carboxylic acids is 1. The fourth-order valence-corrected chi connectivity index (χ4v) is 4.24. The van der Waals surface area contributed by atoms with Crippen molar-refractivity contribution in [2.24, 2.45) is 0 Å². The highest BCUT2D eigenvalue weighted by Gasteiger charge is 2.29. The van der Waals surface area contributed by atoms with Crippen LogP contribution in [0.3, 0.4) is 0 Å². The Morgan fingerprint density at radius 2 is 1.79 bits per heavy atom. The maximum atomic E-state index is 12.7. The van der Waals surface area contributed by atoms with Crippen LogP contribution >= 0.6 is 11.6 Å². The topological polar surface area (TPSA) is 70.8 Å². The fraction of sp³-hybridized carbons (Fsp3) is 0.312. The zero-order chi connectivity index (χ0) is 17.2. The summed E-state index contributed by atoms with van der Waals surface area (Å²) in [6, 6.07) is 9.36. The molecule has 6 nitrogen and oxygen atoms in total. The Balaban J connectivity index is 1.73. The lowest BCUT2D eigenvalue weighted by atomic mass is 10.3. The second-order valence-corrected chi connectivity index (χ2v) is 7.86. The van der Waals surface area contributed by atoms with Crippen molar-refractivity contribution in [3.8, 4) is 0 Å². The van der Waals surface area contributed by atoms with Crippen LogP contribution in [-0.2, 0) is 10.0 Å². The third-order valence-electron chi connectivity index (χ3n) is 3.93. The van der Waals surface area contributed by atoms with Gasteiger partial charge in [-0.3, -0.25) is 4.79 Å². The van der Waals surface area contributed by atoms with Crippen molar-refractivity contribution in [3.63, 3.8) is 0 Å². The molecule has 128 valence electrons. The number of hydrogen-bond donors (Lipinski definition) is 0. The quantitative estimate of drug-likeness (QED) is 0.834. The van der Waals surface area contributed by atoms with Gasteiger partial charge in [0.15, 0.2) is 5.76 Å². The summed E-state index contributed by atoms with van der Waals surface area (Å²) in [4.78, 5) is 14.2. The molecule has 0 unspecified atom stereocenters. The Kier molecular flexibility index (Phi) is 4.93. The van der Waals surface area contributed by atoms with Gasteiger partial charge in [0.25, 0.3) is 5.91 Å². The summed E-state index contributed by atoms with van der Waals surface area (Å²) in [6.45, 7) is 1.43. The van der Waals surface area contributed by atoms with Gasteiger partial charge in [0, 0.05) is 31.2 Å². The zero-order valence-electron chi connectivity index (χ0n) is 12.9. The largest absolute Gasteiger partial charge is 0.459 e. The standard InChI is InChI=1S/C16H17ClN2O4S/c17-13-4-6-14(7-5-13)24(21,22)19-9-2-8-18(10-11-19)16(20)15-3-1-12-23-15/h1,3-7,12H,2,8-11H2. The van der Waals surface area contributed by atoms with E-state index < -0.39 is 10.0 Å². The van der Waals surface area contributed by atoms with Crippen molar-refractivity contribution < 1.29 is 17.6 Å². The molecule has 0 aliphatic carbocycles.